The van der Waals surface area contributed by atoms with E-state index < -0.39 is 0 Å². The smallest absolute Gasteiger partial charge is 0.263 e. The van der Waals surface area contributed by atoms with Crippen LogP contribution in [0.3, 0.4) is 0 Å². The molecule has 1 aromatic carbocycles. The van der Waals surface area contributed by atoms with Crippen LogP contribution in [0.25, 0.3) is 0 Å². The molecule has 25 heavy (non-hydrogen) atoms. The van der Waals surface area contributed by atoms with Crippen LogP contribution >= 0.6 is 36.2 Å². The molecule has 5 nitrogen and oxygen atoms in total. The number of nitrogens with one attached hydrogen (secondary N) is 1. The van der Waals surface area contributed by atoms with Crippen molar-refractivity contribution in [1.29, 1.82) is 0 Å². The molecule has 2 heterocycles. The number of ether oxygens (including phenoxy) is 1. The number of amides is 1. The van der Waals surface area contributed by atoms with Gasteiger partial charge < -0.3 is 15.8 Å². The van der Waals surface area contributed by atoms with Crippen LogP contribution < -0.4 is 15.8 Å². The molecule has 1 aromatic heterocycles. The van der Waals surface area contributed by atoms with Crippen LogP contribution in [0, 0.1) is 13.8 Å². The van der Waals surface area contributed by atoms with Crippen molar-refractivity contribution in [2.75, 3.05) is 5.73 Å². The molecule has 138 valence electrons. The van der Waals surface area contributed by atoms with Crippen molar-refractivity contribution in [3.05, 3.63) is 39.3 Å². The lowest BCUT2D eigenvalue weighted by Crippen LogP contribution is -2.41. The van der Waals surface area contributed by atoms with Crippen LogP contribution in [0.15, 0.2) is 18.2 Å². The number of rotatable bonds is 2. The van der Waals surface area contributed by atoms with Gasteiger partial charge in [-0.25, -0.2) is 4.98 Å². The Morgan fingerprint density at radius 1 is 1.36 bits per heavy atom. The molecule has 0 radical (unpaired) electrons. The first-order valence-corrected chi connectivity index (χ1v) is 8.40. The number of halogens is 2. The molecule has 0 bridgehead atoms. The van der Waals surface area contributed by atoms with E-state index in [0.29, 0.717) is 17.0 Å². The minimum atomic E-state index is -0.347. The van der Waals surface area contributed by atoms with Gasteiger partial charge in [-0.1, -0.05) is 0 Å². The SMILES string of the molecule is Cc1nc(C)c(C(=O)NC2CC(C)(C)Oc3ccc(N)cc32)s1.Cl.Cl. The highest BCUT2D eigenvalue weighted by atomic mass is 35.5. The summed E-state index contributed by atoms with van der Waals surface area (Å²) in [5.74, 6) is 0.683. The Labute approximate surface area is 164 Å². The minimum Gasteiger partial charge on any atom is -0.487 e. The van der Waals surface area contributed by atoms with E-state index >= 15 is 0 Å². The molecule has 0 aliphatic carbocycles. The summed E-state index contributed by atoms with van der Waals surface area (Å²) < 4.78 is 6.00. The van der Waals surface area contributed by atoms with Gasteiger partial charge in [0.15, 0.2) is 0 Å². The van der Waals surface area contributed by atoms with Gasteiger partial charge in [-0.15, -0.1) is 36.2 Å². The fraction of sp³-hybridized carbons (Fsp3) is 0.412. The average Bonchev–Trinajstić information content (AvgIpc) is 2.78. The Morgan fingerprint density at radius 3 is 2.64 bits per heavy atom. The van der Waals surface area contributed by atoms with Gasteiger partial charge in [0, 0.05) is 17.7 Å². The highest BCUT2D eigenvalue weighted by molar-refractivity contribution is 7.13. The molecule has 0 fully saturated rings. The quantitative estimate of drug-likeness (QED) is 0.735. The van der Waals surface area contributed by atoms with Crippen LogP contribution in [0.5, 0.6) is 5.75 Å². The molecule has 1 unspecified atom stereocenters. The number of nitrogens with two attached hydrogens (primary N) is 1. The Hall–Kier alpha value is -1.50. The third kappa shape index (κ3) is 4.57. The number of hydrogen-bond donors (Lipinski definition) is 2. The van der Waals surface area contributed by atoms with E-state index in [2.05, 4.69) is 10.3 Å². The van der Waals surface area contributed by atoms with E-state index in [4.69, 9.17) is 10.5 Å². The van der Waals surface area contributed by atoms with Crippen molar-refractivity contribution in [3.63, 3.8) is 0 Å². The molecule has 1 amide bonds. The number of aromatic nitrogens is 1. The monoisotopic (exact) mass is 403 g/mol. The Morgan fingerprint density at radius 2 is 2.04 bits per heavy atom. The number of hydrogen-bond acceptors (Lipinski definition) is 5. The average molecular weight is 404 g/mol. The van der Waals surface area contributed by atoms with Crippen molar-refractivity contribution in [2.45, 2.75) is 45.8 Å². The predicted octanol–water partition coefficient (Wildman–Crippen LogP) is 4.22. The van der Waals surface area contributed by atoms with E-state index in [-0.39, 0.29) is 42.4 Å². The molecule has 8 heteroatoms. The summed E-state index contributed by atoms with van der Waals surface area (Å²) in [5, 5.41) is 4.02. The van der Waals surface area contributed by atoms with Crippen LogP contribution in [0.4, 0.5) is 5.69 Å². The van der Waals surface area contributed by atoms with E-state index in [1.807, 2.05) is 45.9 Å². The number of carbonyl (C=O) groups excluding carboxylic acids is 1. The van der Waals surface area contributed by atoms with Crippen molar-refractivity contribution in [1.82, 2.24) is 10.3 Å². The molecule has 3 N–H and O–H groups in total. The maximum absolute atomic E-state index is 12.6. The number of fused-ring (bicyclic) bond motifs is 1. The molecule has 0 spiro atoms. The zero-order valence-corrected chi connectivity index (χ0v) is 17.0. The molecular formula is C17H23Cl2N3O2S. The first-order valence-electron chi connectivity index (χ1n) is 7.58. The fourth-order valence-electron chi connectivity index (χ4n) is 2.97. The fourth-order valence-corrected chi connectivity index (χ4v) is 3.79. The van der Waals surface area contributed by atoms with Gasteiger partial charge in [0.25, 0.3) is 5.91 Å². The number of carbonyl (C=O) groups is 1. The van der Waals surface area contributed by atoms with Gasteiger partial charge in [-0.3, -0.25) is 4.79 Å². The van der Waals surface area contributed by atoms with Crippen molar-refractivity contribution in [2.24, 2.45) is 0 Å². The number of nitrogen functional groups attached to an aromatic ring is 1. The van der Waals surface area contributed by atoms with E-state index in [9.17, 15) is 4.79 Å². The first-order chi connectivity index (χ1) is 10.7. The number of benzene rings is 1. The van der Waals surface area contributed by atoms with Crippen molar-refractivity contribution < 1.29 is 9.53 Å². The number of aryl methyl sites for hydroxylation is 2. The lowest BCUT2D eigenvalue weighted by atomic mass is 9.89. The molecule has 2 aromatic rings. The Kier molecular flexibility index (Phi) is 6.73. The van der Waals surface area contributed by atoms with Gasteiger partial charge in [-0.2, -0.15) is 0 Å². The van der Waals surface area contributed by atoms with Crippen molar-refractivity contribution >= 4 is 47.7 Å². The van der Waals surface area contributed by atoms with Crippen molar-refractivity contribution in [3.8, 4) is 5.75 Å². The summed E-state index contributed by atoms with van der Waals surface area (Å²) in [6.07, 6.45) is 0.687. The molecule has 0 saturated heterocycles. The highest BCUT2D eigenvalue weighted by Crippen LogP contribution is 2.40. The van der Waals surface area contributed by atoms with E-state index in [1.165, 1.54) is 11.3 Å². The summed E-state index contributed by atoms with van der Waals surface area (Å²) in [5.41, 5.74) is 7.92. The maximum atomic E-state index is 12.6. The zero-order chi connectivity index (χ0) is 16.8. The first kappa shape index (κ1) is 21.5. The van der Waals surface area contributed by atoms with Crippen LogP contribution in [-0.2, 0) is 0 Å². The normalized spacial score (nSPS) is 17.4. The molecule has 3 rings (SSSR count). The van der Waals surface area contributed by atoms with E-state index in [0.717, 1.165) is 22.0 Å². The molecule has 0 saturated carbocycles. The topological polar surface area (TPSA) is 77.2 Å². The third-order valence-electron chi connectivity index (χ3n) is 3.91. The Bertz CT molecular complexity index is 777. The number of thiazole rings is 1. The minimum absolute atomic E-state index is 0. The second-order valence-corrected chi connectivity index (χ2v) is 7.74. The molecule has 1 aliphatic rings. The summed E-state index contributed by atoms with van der Waals surface area (Å²) >= 11 is 1.42. The highest BCUT2D eigenvalue weighted by Gasteiger charge is 2.35. The third-order valence-corrected chi connectivity index (χ3v) is 4.98. The van der Waals surface area contributed by atoms with Gasteiger partial charge >= 0.3 is 0 Å². The van der Waals surface area contributed by atoms with Crippen LogP contribution in [0.1, 0.15) is 52.2 Å². The van der Waals surface area contributed by atoms with Crippen LogP contribution in [-0.4, -0.2) is 16.5 Å². The zero-order valence-electron chi connectivity index (χ0n) is 14.6. The van der Waals surface area contributed by atoms with Gasteiger partial charge in [0.05, 0.1) is 16.7 Å². The maximum Gasteiger partial charge on any atom is 0.263 e. The van der Waals surface area contributed by atoms with E-state index in [1.54, 1.807) is 0 Å². The summed E-state index contributed by atoms with van der Waals surface area (Å²) in [6, 6.07) is 5.43. The van der Waals surface area contributed by atoms with Gasteiger partial charge in [0.1, 0.15) is 16.2 Å². The van der Waals surface area contributed by atoms with Gasteiger partial charge in [0.2, 0.25) is 0 Å². The lowest BCUT2D eigenvalue weighted by molar-refractivity contribution is 0.0621. The summed E-state index contributed by atoms with van der Waals surface area (Å²) in [7, 11) is 0. The second kappa shape index (κ2) is 7.81. The lowest BCUT2D eigenvalue weighted by Gasteiger charge is -2.38. The predicted molar refractivity (Wildman–Crippen MR) is 106 cm³/mol. The number of nitrogens with zero attached hydrogens (tertiary/aromatic N) is 1. The summed E-state index contributed by atoms with van der Waals surface area (Å²) in [6.45, 7) is 7.81. The van der Waals surface area contributed by atoms with Gasteiger partial charge in [-0.05, 0) is 45.9 Å². The molecule has 1 aliphatic heterocycles. The summed E-state index contributed by atoms with van der Waals surface area (Å²) in [4.78, 5) is 17.6. The second-order valence-electron chi connectivity index (χ2n) is 6.54. The van der Waals surface area contributed by atoms with Crippen LogP contribution in [0.2, 0.25) is 0 Å². The number of anilines is 1. The Balaban J connectivity index is 0.00000156. The standard InChI is InChI=1S/C17H21N3O2S.2ClH/c1-9-15(23-10(2)19-9)16(21)20-13-8-17(3,4)22-14-6-5-11(18)7-12(13)14;;/h5-7,13H,8,18H2,1-4H3,(H,20,21);2*1H. The molecule has 1 atom stereocenters. The largest absolute Gasteiger partial charge is 0.487 e. The molecular weight excluding hydrogens is 381 g/mol.